The van der Waals surface area contributed by atoms with Crippen molar-refractivity contribution in [3.63, 3.8) is 0 Å². The number of piperidine rings is 1. The molecule has 0 saturated carbocycles. The predicted octanol–water partition coefficient (Wildman–Crippen LogP) is 1.94. The van der Waals surface area contributed by atoms with Crippen molar-refractivity contribution >= 4 is 11.6 Å². The lowest BCUT2D eigenvalue weighted by Gasteiger charge is -2.29. The Balaban J connectivity index is 1.96. The molecule has 0 aromatic heterocycles. The lowest BCUT2D eigenvalue weighted by Crippen LogP contribution is -2.39. The van der Waals surface area contributed by atoms with E-state index in [2.05, 4.69) is 22.6 Å². The molecule has 5 heteroatoms. The van der Waals surface area contributed by atoms with Crippen molar-refractivity contribution in [2.45, 2.75) is 12.8 Å². The summed E-state index contributed by atoms with van der Waals surface area (Å²) in [5.41, 5.74) is 0.613. The molecule has 1 heterocycles. The van der Waals surface area contributed by atoms with Crippen LogP contribution in [0.5, 0.6) is 0 Å². The van der Waals surface area contributed by atoms with Gasteiger partial charge in [0, 0.05) is 20.1 Å². The molecule has 0 aliphatic carbocycles. The summed E-state index contributed by atoms with van der Waals surface area (Å²) in [5, 5.41) is 5.66. The van der Waals surface area contributed by atoms with Gasteiger partial charge in [0.25, 0.3) is 5.91 Å². The Kier molecular flexibility index (Phi) is 4.95. The van der Waals surface area contributed by atoms with E-state index in [1.165, 1.54) is 12.5 Å². The number of nitrogens with one attached hydrogen (secondary N) is 2. The number of carbonyl (C=O) groups is 1. The van der Waals surface area contributed by atoms with Gasteiger partial charge in [-0.3, -0.25) is 4.79 Å². The Bertz CT molecular complexity index is 478. The number of benzene rings is 1. The summed E-state index contributed by atoms with van der Waals surface area (Å²) < 4.78 is 13.6. The van der Waals surface area contributed by atoms with Crippen molar-refractivity contribution in [1.29, 1.82) is 0 Å². The first-order valence-corrected chi connectivity index (χ1v) is 7.05. The number of para-hydroxylation sites is 1. The van der Waals surface area contributed by atoms with Crippen LogP contribution in [0.1, 0.15) is 23.2 Å². The molecule has 1 saturated heterocycles. The standard InChI is InChI=1S/C15H22FN3O/c1-17-14-12(6-3-7-13(14)16)15(20)18-9-11-5-4-8-19(2)10-11/h3,6-7,11,17H,4-5,8-10H2,1-2H3,(H,18,20). The first-order valence-electron chi connectivity index (χ1n) is 7.05. The normalized spacial score (nSPS) is 19.6. The van der Waals surface area contributed by atoms with E-state index < -0.39 is 5.82 Å². The molecule has 0 spiro atoms. The predicted molar refractivity (Wildman–Crippen MR) is 78.5 cm³/mol. The van der Waals surface area contributed by atoms with Crippen molar-refractivity contribution in [3.05, 3.63) is 29.6 Å². The second kappa shape index (κ2) is 6.70. The van der Waals surface area contributed by atoms with Gasteiger partial charge in [-0.15, -0.1) is 0 Å². The number of likely N-dealkylation sites (tertiary alicyclic amines) is 1. The first-order chi connectivity index (χ1) is 9.61. The van der Waals surface area contributed by atoms with Gasteiger partial charge in [-0.25, -0.2) is 4.39 Å². The van der Waals surface area contributed by atoms with Gasteiger partial charge in [0.15, 0.2) is 0 Å². The molecule has 1 amide bonds. The first kappa shape index (κ1) is 14.8. The Labute approximate surface area is 119 Å². The molecule has 1 atom stereocenters. The minimum Gasteiger partial charge on any atom is -0.385 e. The van der Waals surface area contributed by atoms with E-state index in [0.717, 1.165) is 19.5 Å². The highest BCUT2D eigenvalue weighted by Crippen LogP contribution is 2.19. The summed E-state index contributed by atoms with van der Waals surface area (Å²) >= 11 is 0. The van der Waals surface area contributed by atoms with Gasteiger partial charge in [0.2, 0.25) is 0 Å². The molecule has 0 radical (unpaired) electrons. The molecule has 1 aliphatic heterocycles. The minimum absolute atomic E-state index is 0.220. The van der Waals surface area contributed by atoms with E-state index in [1.54, 1.807) is 19.2 Å². The molecule has 4 nitrogen and oxygen atoms in total. The topological polar surface area (TPSA) is 44.4 Å². The second-order valence-electron chi connectivity index (χ2n) is 5.39. The highest BCUT2D eigenvalue weighted by molar-refractivity contribution is 5.99. The Morgan fingerprint density at radius 2 is 2.30 bits per heavy atom. The van der Waals surface area contributed by atoms with Crippen LogP contribution in [-0.4, -0.2) is 44.5 Å². The van der Waals surface area contributed by atoms with Crippen LogP contribution in [0.3, 0.4) is 0 Å². The van der Waals surface area contributed by atoms with E-state index >= 15 is 0 Å². The lowest BCUT2D eigenvalue weighted by molar-refractivity contribution is 0.0937. The second-order valence-corrected chi connectivity index (χ2v) is 5.39. The van der Waals surface area contributed by atoms with Crippen LogP contribution < -0.4 is 10.6 Å². The number of anilines is 1. The number of hydrogen-bond acceptors (Lipinski definition) is 3. The van der Waals surface area contributed by atoms with E-state index in [9.17, 15) is 9.18 Å². The third-order valence-corrected chi connectivity index (χ3v) is 3.78. The van der Waals surface area contributed by atoms with Gasteiger partial charge >= 0.3 is 0 Å². The van der Waals surface area contributed by atoms with Crippen LogP contribution in [0.2, 0.25) is 0 Å². The van der Waals surface area contributed by atoms with E-state index in [0.29, 0.717) is 18.0 Å². The molecule has 110 valence electrons. The van der Waals surface area contributed by atoms with Crippen molar-refractivity contribution in [1.82, 2.24) is 10.2 Å². The van der Waals surface area contributed by atoms with Crippen LogP contribution in [0, 0.1) is 11.7 Å². The smallest absolute Gasteiger partial charge is 0.253 e. The average molecular weight is 279 g/mol. The lowest BCUT2D eigenvalue weighted by atomic mass is 9.98. The molecule has 2 rings (SSSR count). The molecular weight excluding hydrogens is 257 g/mol. The molecule has 1 aliphatic rings. The molecule has 1 aromatic carbocycles. The maximum absolute atomic E-state index is 13.6. The van der Waals surface area contributed by atoms with Gasteiger partial charge < -0.3 is 15.5 Å². The Hall–Kier alpha value is -1.62. The minimum atomic E-state index is -0.405. The van der Waals surface area contributed by atoms with E-state index in [1.807, 2.05) is 0 Å². The van der Waals surface area contributed by atoms with Gasteiger partial charge in [-0.05, 0) is 44.5 Å². The SMILES string of the molecule is CNc1c(F)cccc1C(=O)NCC1CCCN(C)C1. The molecule has 0 bridgehead atoms. The quantitative estimate of drug-likeness (QED) is 0.885. The fourth-order valence-electron chi connectivity index (χ4n) is 2.74. The monoisotopic (exact) mass is 279 g/mol. The summed E-state index contributed by atoms with van der Waals surface area (Å²) in [6.45, 7) is 2.77. The zero-order valence-electron chi connectivity index (χ0n) is 12.1. The molecule has 1 aromatic rings. The molecular formula is C15H22FN3O. The van der Waals surface area contributed by atoms with Crippen LogP contribution in [-0.2, 0) is 0 Å². The van der Waals surface area contributed by atoms with Crippen LogP contribution >= 0.6 is 0 Å². The molecule has 20 heavy (non-hydrogen) atoms. The van der Waals surface area contributed by atoms with Crippen LogP contribution in [0.25, 0.3) is 0 Å². The maximum atomic E-state index is 13.6. The highest BCUT2D eigenvalue weighted by Gasteiger charge is 2.19. The fraction of sp³-hybridized carbons (Fsp3) is 0.533. The van der Waals surface area contributed by atoms with Gasteiger partial charge in [-0.2, -0.15) is 0 Å². The maximum Gasteiger partial charge on any atom is 0.253 e. The largest absolute Gasteiger partial charge is 0.385 e. The third kappa shape index (κ3) is 3.48. The molecule has 1 fully saturated rings. The van der Waals surface area contributed by atoms with Crippen LogP contribution in [0.4, 0.5) is 10.1 Å². The van der Waals surface area contributed by atoms with Crippen molar-refractivity contribution in [2.24, 2.45) is 5.92 Å². The van der Waals surface area contributed by atoms with E-state index in [4.69, 9.17) is 0 Å². The summed E-state index contributed by atoms with van der Waals surface area (Å²) in [6, 6.07) is 4.54. The number of halogens is 1. The zero-order valence-corrected chi connectivity index (χ0v) is 12.1. The van der Waals surface area contributed by atoms with Gasteiger partial charge in [0.1, 0.15) is 5.82 Å². The summed E-state index contributed by atoms with van der Waals surface area (Å²) in [4.78, 5) is 14.4. The number of nitrogens with zero attached hydrogens (tertiary/aromatic N) is 1. The Morgan fingerprint density at radius 3 is 3.00 bits per heavy atom. The third-order valence-electron chi connectivity index (χ3n) is 3.78. The number of carbonyl (C=O) groups excluding carboxylic acids is 1. The Morgan fingerprint density at radius 1 is 1.50 bits per heavy atom. The number of rotatable bonds is 4. The van der Waals surface area contributed by atoms with Crippen LogP contribution in [0.15, 0.2) is 18.2 Å². The van der Waals surface area contributed by atoms with E-state index in [-0.39, 0.29) is 11.6 Å². The van der Waals surface area contributed by atoms with Crippen molar-refractivity contribution < 1.29 is 9.18 Å². The average Bonchev–Trinajstić information content (AvgIpc) is 2.44. The number of amides is 1. The summed E-state index contributed by atoms with van der Waals surface area (Å²) in [5.74, 6) is -0.149. The van der Waals surface area contributed by atoms with Crippen molar-refractivity contribution in [2.75, 3.05) is 39.0 Å². The summed E-state index contributed by atoms with van der Waals surface area (Å²) in [6.07, 6.45) is 2.30. The zero-order chi connectivity index (χ0) is 14.5. The number of hydrogen-bond donors (Lipinski definition) is 2. The fourth-order valence-corrected chi connectivity index (χ4v) is 2.74. The van der Waals surface area contributed by atoms with Gasteiger partial charge in [-0.1, -0.05) is 6.07 Å². The molecule has 1 unspecified atom stereocenters. The van der Waals surface area contributed by atoms with Crippen molar-refractivity contribution in [3.8, 4) is 0 Å². The molecule has 2 N–H and O–H groups in total. The van der Waals surface area contributed by atoms with Gasteiger partial charge in [0.05, 0.1) is 11.3 Å². The summed E-state index contributed by atoms with van der Waals surface area (Å²) in [7, 11) is 3.71. The highest BCUT2D eigenvalue weighted by atomic mass is 19.1.